The number of carbonyl (C=O) groups excluding carboxylic acids is 2. The van der Waals surface area contributed by atoms with Gasteiger partial charge in [0.15, 0.2) is 0 Å². The molecule has 0 fully saturated rings. The van der Waals surface area contributed by atoms with Crippen LogP contribution >= 0.6 is 15.9 Å². The minimum Gasteiger partial charge on any atom is -0.466 e. The van der Waals surface area contributed by atoms with E-state index in [4.69, 9.17) is 5.26 Å². The number of ether oxygens (including phenoxy) is 2. The van der Waals surface area contributed by atoms with Crippen LogP contribution in [0.25, 0.3) is 0 Å². The first-order valence-corrected chi connectivity index (χ1v) is 6.26. The lowest BCUT2D eigenvalue weighted by Gasteiger charge is -2.11. The van der Waals surface area contributed by atoms with Gasteiger partial charge in [-0.25, -0.2) is 14.0 Å². The highest BCUT2D eigenvalue weighted by atomic mass is 79.9. The molecule has 1 rings (SSSR count). The first-order valence-electron chi connectivity index (χ1n) is 5.47. The van der Waals surface area contributed by atoms with Crippen molar-refractivity contribution >= 4 is 33.6 Å². The monoisotopic (exact) mass is 356 g/mol. The van der Waals surface area contributed by atoms with Crippen molar-refractivity contribution in [2.75, 3.05) is 19.5 Å². The molecule has 0 aliphatic rings. The Kier molecular flexibility index (Phi) is 5.87. The van der Waals surface area contributed by atoms with E-state index in [0.29, 0.717) is 0 Å². The van der Waals surface area contributed by atoms with E-state index in [-0.39, 0.29) is 21.4 Å². The van der Waals surface area contributed by atoms with Gasteiger partial charge in [-0.1, -0.05) is 0 Å². The number of nitrogens with zero attached hydrogens (tertiary/aromatic N) is 1. The third-order valence-electron chi connectivity index (χ3n) is 2.32. The van der Waals surface area contributed by atoms with Gasteiger partial charge in [0.25, 0.3) is 0 Å². The maximum atomic E-state index is 13.5. The summed E-state index contributed by atoms with van der Waals surface area (Å²) in [7, 11) is 2.25. The Morgan fingerprint density at radius 3 is 2.57 bits per heavy atom. The van der Waals surface area contributed by atoms with Gasteiger partial charge in [-0.15, -0.1) is 0 Å². The number of hydrogen-bond acceptors (Lipinski definition) is 6. The number of hydrogen-bond donors (Lipinski definition) is 1. The molecule has 0 aliphatic heterocycles. The Morgan fingerprint density at radius 2 is 2.05 bits per heavy atom. The van der Waals surface area contributed by atoms with E-state index in [0.717, 1.165) is 26.4 Å². The SMILES string of the molecule is COC(=O)/C=C(/Nc1cc(F)c(Br)cc1C#N)C(=O)OC. The second-order valence-corrected chi connectivity index (χ2v) is 4.48. The molecule has 0 bridgehead atoms. The van der Waals surface area contributed by atoms with Gasteiger partial charge in [-0.2, -0.15) is 5.26 Å². The second kappa shape index (κ2) is 7.40. The fraction of sp³-hybridized carbons (Fsp3) is 0.154. The number of halogens is 2. The average molecular weight is 357 g/mol. The van der Waals surface area contributed by atoms with E-state index in [1.165, 1.54) is 6.07 Å². The Balaban J connectivity index is 3.24. The van der Waals surface area contributed by atoms with Gasteiger partial charge >= 0.3 is 11.9 Å². The van der Waals surface area contributed by atoms with E-state index in [1.807, 2.05) is 6.07 Å². The van der Waals surface area contributed by atoms with Gasteiger partial charge < -0.3 is 14.8 Å². The summed E-state index contributed by atoms with van der Waals surface area (Å²) in [4.78, 5) is 22.8. The van der Waals surface area contributed by atoms with Gasteiger partial charge in [0, 0.05) is 0 Å². The lowest BCUT2D eigenvalue weighted by atomic mass is 10.2. The molecule has 0 amide bonds. The maximum Gasteiger partial charge on any atom is 0.354 e. The zero-order valence-electron chi connectivity index (χ0n) is 11.1. The summed E-state index contributed by atoms with van der Waals surface area (Å²) < 4.78 is 22.5. The molecule has 0 saturated heterocycles. The molecule has 0 spiro atoms. The predicted molar refractivity (Wildman–Crippen MR) is 74.6 cm³/mol. The largest absolute Gasteiger partial charge is 0.466 e. The van der Waals surface area contributed by atoms with Crippen molar-refractivity contribution in [1.82, 2.24) is 0 Å². The van der Waals surface area contributed by atoms with E-state index in [2.05, 4.69) is 30.7 Å². The first kappa shape index (κ1) is 16.7. The number of methoxy groups -OCH3 is 2. The van der Waals surface area contributed by atoms with E-state index in [1.54, 1.807) is 0 Å². The van der Waals surface area contributed by atoms with E-state index < -0.39 is 17.8 Å². The summed E-state index contributed by atoms with van der Waals surface area (Å²) in [5.41, 5.74) is -0.204. The molecular weight excluding hydrogens is 347 g/mol. The molecule has 0 heterocycles. The number of benzene rings is 1. The molecule has 8 heteroatoms. The summed E-state index contributed by atoms with van der Waals surface area (Å²) in [5.74, 6) is -2.31. The molecule has 0 aromatic heterocycles. The normalized spacial score (nSPS) is 10.5. The minimum atomic E-state index is -0.868. The molecular formula is C13H10BrFN2O4. The van der Waals surface area contributed by atoms with Crippen LogP contribution in [0.15, 0.2) is 28.4 Å². The van der Waals surface area contributed by atoms with Crippen molar-refractivity contribution in [3.05, 3.63) is 39.8 Å². The van der Waals surface area contributed by atoms with Gasteiger partial charge in [-0.3, -0.25) is 0 Å². The van der Waals surface area contributed by atoms with Crippen molar-refractivity contribution in [2.24, 2.45) is 0 Å². The number of nitrogens with one attached hydrogen (secondary N) is 1. The number of anilines is 1. The summed E-state index contributed by atoms with van der Waals surface area (Å²) in [6, 6.07) is 4.09. The number of rotatable bonds is 4. The fourth-order valence-electron chi connectivity index (χ4n) is 1.32. The standard InChI is InChI=1S/C13H10BrFN2O4/c1-20-12(18)5-11(13(19)21-2)17-10-4-9(15)8(14)3-7(10)6-16/h3-5,17H,1-2H3/b11-5+. The topological polar surface area (TPSA) is 88.4 Å². The Bertz CT molecular complexity index is 652. The van der Waals surface area contributed by atoms with Crippen LogP contribution in [0.3, 0.4) is 0 Å². The molecule has 110 valence electrons. The lowest BCUT2D eigenvalue weighted by molar-refractivity contribution is -0.138. The van der Waals surface area contributed by atoms with Crippen molar-refractivity contribution in [2.45, 2.75) is 0 Å². The van der Waals surface area contributed by atoms with Crippen LogP contribution in [-0.4, -0.2) is 26.2 Å². The lowest BCUT2D eigenvalue weighted by Crippen LogP contribution is -2.16. The van der Waals surface area contributed by atoms with Crippen LogP contribution in [0.5, 0.6) is 0 Å². The molecule has 6 nitrogen and oxygen atoms in total. The third-order valence-corrected chi connectivity index (χ3v) is 2.93. The van der Waals surface area contributed by atoms with Gasteiger partial charge in [0.1, 0.15) is 17.6 Å². The average Bonchev–Trinajstić information content (AvgIpc) is 2.48. The number of nitriles is 1. The van der Waals surface area contributed by atoms with Crippen LogP contribution in [0.4, 0.5) is 10.1 Å². The molecule has 1 aromatic carbocycles. The first-order chi connectivity index (χ1) is 9.92. The Labute approximate surface area is 128 Å². The van der Waals surface area contributed by atoms with Crippen molar-refractivity contribution in [3.63, 3.8) is 0 Å². The zero-order valence-corrected chi connectivity index (χ0v) is 12.7. The summed E-state index contributed by atoms with van der Waals surface area (Å²) in [5, 5.41) is 11.5. The molecule has 0 aliphatic carbocycles. The number of esters is 2. The van der Waals surface area contributed by atoms with Gasteiger partial charge in [0.05, 0.1) is 36.0 Å². The molecule has 0 radical (unpaired) electrons. The molecule has 0 atom stereocenters. The predicted octanol–water partition coefficient (Wildman–Crippen LogP) is 2.10. The Morgan fingerprint density at radius 1 is 1.38 bits per heavy atom. The molecule has 1 N–H and O–H groups in total. The third kappa shape index (κ3) is 4.29. The highest BCUT2D eigenvalue weighted by Crippen LogP contribution is 2.25. The van der Waals surface area contributed by atoms with Crippen molar-refractivity contribution < 1.29 is 23.5 Å². The van der Waals surface area contributed by atoms with Crippen LogP contribution in [0.1, 0.15) is 5.56 Å². The van der Waals surface area contributed by atoms with E-state index in [9.17, 15) is 14.0 Å². The van der Waals surface area contributed by atoms with Crippen LogP contribution < -0.4 is 5.32 Å². The van der Waals surface area contributed by atoms with Crippen LogP contribution in [0, 0.1) is 17.1 Å². The van der Waals surface area contributed by atoms with Crippen LogP contribution in [-0.2, 0) is 19.1 Å². The summed E-state index contributed by atoms with van der Waals surface area (Å²) in [6.07, 6.45) is 0.840. The highest BCUT2D eigenvalue weighted by molar-refractivity contribution is 9.10. The Hall–Kier alpha value is -2.40. The fourth-order valence-corrected chi connectivity index (χ4v) is 1.66. The molecule has 0 unspecified atom stereocenters. The van der Waals surface area contributed by atoms with Crippen molar-refractivity contribution in [3.8, 4) is 6.07 Å². The second-order valence-electron chi connectivity index (χ2n) is 3.62. The quantitative estimate of drug-likeness (QED) is 0.656. The highest BCUT2D eigenvalue weighted by Gasteiger charge is 2.16. The molecule has 0 saturated carbocycles. The minimum absolute atomic E-state index is 0.0127. The maximum absolute atomic E-state index is 13.5. The van der Waals surface area contributed by atoms with Crippen LogP contribution in [0.2, 0.25) is 0 Å². The molecule has 1 aromatic rings. The summed E-state index contributed by atoms with van der Waals surface area (Å²) >= 11 is 2.95. The number of carbonyl (C=O) groups is 2. The van der Waals surface area contributed by atoms with Crippen molar-refractivity contribution in [1.29, 1.82) is 5.26 Å². The smallest absolute Gasteiger partial charge is 0.354 e. The van der Waals surface area contributed by atoms with E-state index >= 15 is 0 Å². The van der Waals surface area contributed by atoms with Gasteiger partial charge in [-0.05, 0) is 28.1 Å². The van der Waals surface area contributed by atoms with Gasteiger partial charge in [0.2, 0.25) is 0 Å². The molecule has 21 heavy (non-hydrogen) atoms. The summed E-state index contributed by atoms with van der Waals surface area (Å²) in [6.45, 7) is 0. The zero-order chi connectivity index (χ0) is 16.0.